The zero-order chi connectivity index (χ0) is 14.8. The first-order valence-electron chi connectivity index (χ1n) is 6.04. The molecule has 7 nitrogen and oxygen atoms in total. The highest BCUT2D eigenvalue weighted by Crippen LogP contribution is 2.20. The molecule has 0 aliphatic rings. The number of nitrogens with one attached hydrogen (secondary N) is 1. The first kappa shape index (κ1) is 14.5. The van der Waals surface area contributed by atoms with Gasteiger partial charge in [0.25, 0.3) is 0 Å². The molecular formula is C12H16N4O3S. The van der Waals surface area contributed by atoms with E-state index in [1.807, 2.05) is 0 Å². The Morgan fingerprint density at radius 2 is 2.10 bits per heavy atom. The fourth-order valence-corrected chi connectivity index (χ4v) is 3.05. The fourth-order valence-electron chi connectivity index (χ4n) is 1.74. The minimum Gasteiger partial charge on any atom is -0.398 e. The van der Waals surface area contributed by atoms with Crippen molar-refractivity contribution in [3.63, 3.8) is 0 Å². The van der Waals surface area contributed by atoms with E-state index in [-0.39, 0.29) is 11.4 Å². The second kappa shape index (κ2) is 5.59. The van der Waals surface area contributed by atoms with Crippen molar-refractivity contribution in [1.82, 2.24) is 14.9 Å². The fraction of sp³-hybridized carbons (Fsp3) is 0.333. The molecule has 2 rings (SSSR count). The monoisotopic (exact) mass is 296 g/mol. The molecule has 0 atom stereocenters. The number of benzene rings is 1. The Morgan fingerprint density at radius 3 is 2.75 bits per heavy atom. The molecule has 1 aromatic carbocycles. The second-order valence-corrected chi connectivity index (χ2v) is 6.08. The van der Waals surface area contributed by atoms with E-state index in [1.54, 1.807) is 26.0 Å². The SMILES string of the molecule is Cc1nc(CCNS(=O)(=O)c2cccc(N)c2C)no1. The second-order valence-electron chi connectivity index (χ2n) is 4.35. The largest absolute Gasteiger partial charge is 0.398 e. The Bertz CT molecular complexity index is 709. The highest BCUT2D eigenvalue weighted by Gasteiger charge is 2.17. The zero-order valence-corrected chi connectivity index (χ0v) is 12.1. The van der Waals surface area contributed by atoms with Crippen molar-refractivity contribution < 1.29 is 12.9 Å². The number of aromatic nitrogens is 2. The summed E-state index contributed by atoms with van der Waals surface area (Å²) in [5.74, 6) is 0.920. The van der Waals surface area contributed by atoms with Crippen LogP contribution >= 0.6 is 0 Å². The van der Waals surface area contributed by atoms with Crippen LogP contribution in [0.2, 0.25) is 0 Å². The standard InChI is InChI=1S/C12H16N4O3S/c1-8-10(13)4-3-5-11(8)20(17,18)14-7-6-12-15-9(2)19-16-12/h3-5,14H,6-7,13H2,1-2H3. The predicted octanol–water partition coefficient (Wildman–Crippen LogP) is 0.790. The minimum atomic E-state index is -3.59. The molecule has 0 unspecified atom stereocenters. The van der Waals surface area contributed by atoms with Crippen molar-refractivity contribution in [3.8, 4) is 0 Å². The number of rotatable bonds is 5. The van der Waals surface area contributed by atoms with Gasteiger partial charge in [0, 0.05) is 25.6 Å². The summed E-state index contributed by atoms with van der Waals surface area (Å²) in [4.78, 5) is 4.18. The Hall–Kier alpha value is -1.93. The lowest BCUT2D eigenvalue weighted by molar-refractivity contribution is 0.387. The molecule has 108 valence electrons. The average molecular weight is 296 g/mol. The van der Waals surface area contributed by atoms with Crippen molar-refractivity contribution in [3.05, 3.63) is 35.5 Å². The van der Waals surface area contributed by atoms with Crippen LogP contribution in [0.5, 0.6) is 0 Å². The van der Waals surface area contributed by atoms with Crippen LogP contribution in [-0.2, 0) is 16.4 Å². The summed E-state index contributed by atoms with van der Waals surface area (Å²) in [6, 6.07) is 4.79. The lowest BCUT2D eigenvalue weighted by atomic mass is 10.2. The maximum Gasteiger partial charge on any atom is 0.240 e. The van der Waals surface area contributed by atoms with E-state index in [0.717, 1.165) is 0 Å². The quantitative estimate of drug-likeness (QED) is 0.789. The van der Waals surface area contributed by atoms with Gasteiger partial charge in [-0.25, -0.2) is 13.1 Å². The molecule has 0 aliphatic heterocycles. The molecule has 2 aromatic rings. The smallest absolute Gasteiger partial charge is 0.240 e. The van der Waals surface area contributed by atoms with Crippen molar-refractivity contribution >= 4 is 15.7 Å². The maximum absolute atomic E-state index is 12.2. The third kappa shape index (κ3) is 3.14. The van der Waals surface area contributed by atoms with Crippen LogP contribution in [0.3, 0.4) is 0 Å². The van der Waals surface area contributed by atoms with E-state index in [9.17, 15) is 8.42 Å². The molecule has 0 saturated heterocycles. The van der Waals surface area contributed by atoms with E-state index in [4.69, 9.17) is 10.3 Å². The minimum absolute atomic E-state index is 0.182. The van der Waals surface area contributed by atoms with Crippen molar-refractivity contribution in [2.24, 2.45) is 0 Å². The first-order chi connectivity index (χ1) is 9.40. The molecular weight excluding hydrogens is 280 g/mol. The van der Waals surface area contributed by atoms with Gasteiger partial charge >= 0.3 is 0 Å². The summed E-state index contributed by atoms with van der Waals surface area (Å²) >= 11 is 0. The number of nitrogen functional groups attached to an aromatic ring is 1. The molecule has 0 fully saturated rings. The van der Waals surface area contributed by atoms with E-state index < -0.39 is 10.0 Å². The molecule has 1 heterocycles. The Balaban J connectivity index is 2.06. The lowest BCUT2D eigenvalue weighted by Gasteiger charge is -2.10. The van der Waals surface area contributed by atoms with Gasteiger partial charge in [0.1, 0.15) is 0 Å². The van der Waals surface area contributed by atoms with Crippen LogP contribution < -0.4 is 10.5 Å². The van der Waals surface area contributed by atoms with Gasteiger partial charge in [-0.1, -0.05) is 11.2 Å². The number of anilines is 1. The molecule has 0 saturated carbocycles. The highest BCUT2D eigenvalue weighted by molar-refractivity contribution is 7.89. The summed E-state index contributed by atoms with van der Waals surface area (Å²) in [6.45, 7) is 3.54. The first-order valence-corrected chi connectivity index (χ1v) is 7.52. The number of aryl methyl sites for hydroxylation is 1. The summed E-state index contributed by atoms with van der Waals surface area (Å²) in [5.41, 5.74) is 6.70. The third-order valence-corrected chi connectivity index (χ3v) is 4.43. The Morgan fingerprint density at radius 1 is 1.35 bits per heavy atom. The van der Waals surface area contributed by atoms with Crippen molar-refractivity contribution in [2.45, 2.75) is 25.2 Å². The van der Waals surface area contributed by atoms with E-state index >= 15 is 0 Å². The van der Waals surface area contributed by atoms with Gasteiger partial charge in [-0.2, -0.15) is 4.98 Å². The molecule has 20 heavy (non-hydrogen) atoms. The van der Waals surface area contributed by atoms with Gasteiger partial charge in [-0.15, -0.1) is 0 Å². The average Bonchev–Trinajstić information content (AvgIpc) is 2.78. The van der Waals surface area contributed by atoms with Crippen LogP contribution in [0.15, 0.2) is 27.6 Å². The topological polar surface area (TPSA) is 111 Å². The van der Waals surface area contributed by atoms with Crippen LogP contribution in [0.4, 0.5) is 5.69 Å². The summed E-state index contributed by atoms with van der Waals surface area (Å²) in [6.07, 6.45) is 0.359. The molecule has 3 N–H and O–H groups in total. The number of nitrogens with two attached hydrogens (primary N) is 1. The molecule has 0 amide bonds. The number of nitrogens with zero attached hydrogens (tertiary/aromatic N) is 2. The van der Waals surface area contributed by atoms with Gasteiger partial charge in [0.15, 0.2) is 5.82 Å². The molecule has 8 heteroatoms. The Kier molecular flexibility index (Phi) is 4.05. The molecule has 1 aromatic heterocycles. The van der Waals surface area contributed by atoms with Crippen LogP contribution in [0, 0.1) is 13.8 Å². The summed E-state index contributed by atoms with van der Waals surface area (Å²) in [7, 11) is -3.59. The number of sulfonamides is 1. The number of hydrogen-bond donors (Lipinski definition) is 2. The third-order valence-electron chi connectivity index (χ3n) is 2.83. The molecule has 0 aliphatic carbocycles. The van der Waals surface area contributed by atoms with Gasteiger partial charge in [0.05, 0.1) is 4.90 Å². The van der Waals surface area contributed by atoms with Crippen molar-refractivity contribution in [2.75, 3.05) is 12.3 Å². The Labute approximate surface area is 117 Å². The van der Waals surface area contributed by atoms with Crippen molar-refractivity contribution in [1.29, 1.82) is 0 Å². The van der Waals surface area contributed by atoms with Crippen LogP contribution in [-0.4, -0.2) is 25.1 Å². The highest BCUT2D eigenvalue weighted by atomic mass is 32.2. The van der Waals surface area contributed by atoms with Gasteiger partial charge in [-0.05, 0) is 24.6 Å². The zero-order valence-electron chi connectivity index (χ0n) is 11.3. The lowest BCUT2D eigenvalue weighted by Crippen LogP contribution is -2.27. The maximum atomic E-state index is 12.2. The number of hydrogen-bond acceptors (Lipinski definition) is 6. The van der Waals surface area contributed by atoms with E-state index in [1.165, 1.54) is 6.07 Å². The van der Waals surface area contributed by atoms with Gasteiger partial charge in [0.2, 0.25) is 15.9 Å². The van der Waals surface area contributed by atoms with E-state index in [0.29, 0.717) is 29.4 Å². The summed E-state index contributed by atoms with van der Waals surface area (Å²) in [5, 5.41) is 3.70. The van der Waals surface area contributed by atoms with Gasteiger partial charge < -0.3 is 10.3 Å². The van der Waals surface area contributed by atoms with Crippen LogP contribution in [0.1, 0.15) is 17.3 Å². The predicted molar refractivity (Wildman–Crippen MR) is 73.5 cm³/mol. The van der Waals surface area contributed by atoms with E-state index in [2.05, 4.69) is 14.9 Å². The molecule has 0 bridgehead atoms. The van der Waals surface area contributed by atoms with Gasteiger partial charge in [-0.3, -0.25) is 0 Å². The van der Waals surface area contributed by atoms with Crippen LogP contribution in [0.25, 0.3) is 0 Å². The molecule has 0 radical (unpaired) electrons. The summed E-state index contributed by atoms with van der Waals surface area (Å²) < 4.78 is 31.6. The molecule has 0 spiro atoms. The normalized spacial score (nSPS) is 11.7.